The molecule has 0 unspecified atom stereocenters. The van der Waals surface area contributed by atoms with Gasteiger partial charge >= 0.3 is 0 Å². The summed E-state index contributed by atoms with van der Waals surface area (Å²) in [7, 11) is 0. The minimum absolute atomic E-state index is 0.390. The van der Waals surface area contributed by atoms with Gasteiger partial charge in [-0.25, -0.2) is 4.98 Å². The number of aliphatic hydroxyl groups is 1. The molecule has 2 heterocycles. The van der Waals surface area contributed by atoms with E-state index in [1.54, 1.807) is 12.1 Å². The monoisotopic (exact) mass is 213 g/mol. The summed E-state index contributed by atoms with van der Waals surface area (Å²) >= 11 is 5.78. The predicted octanol–water partition coefficient (Wildman–Crippen LogP) is 2.12. The third kappa shape index (κ3) is 1.47. The summed E-state index contributed by atoms with van der Waals surface area (Å²) in [6.07, 6.45) is 1.19. The van der Waals surface area contributed by atoms with E-state index in [2.05, 4.69) is 4.98 Å². The van der Waals surface area contributed by atoms with Crippen molar-refractivity contribution in [2.24, 2.45) is 0 Å². The normalized spacial score (nSPS) is 25.4. The van der Waals surface area contributed by atoms with Crippen LogP contribution < -0.4 is 4.74 Å². The van der Waals surface area contributed by atoms with Crippen LogP contribution in [-0.4, -0.2) is 16.7 Å². The van der Waals surface area contributed by atoms with Gasteiger partial charge in [-0.15, -0.1) is 0 Å². The molecule has 1 N–H and O–H groups in total. The van der Waals surface area contributed by atoms with Crippen LogP contribution in [0.2, 0.25) is 5.15 Å². The lowest BCUT2D eigenvalue weighted by Crippen LogP contribution is -2.33. The highest BCUT2D eigenvalue weighted by atomic mass is 35.5. The van der Waals surface area contributed by atoms with Crippen molar-refractivity contribution >= 4 is 11.6 Å². The number of halogens is 1. The molecule has 1 atom stereocenters. The van der Waals surface area contributed by atoms with E-state index in [1.165, 1.54) is 0 Å². The molecule has 0 amide bonds. The maximum atomic E-state index is 10.3. The maximum absolute atomic E-state index is 10.3. The molecule has 1 aromatic rings. The first-order valence-corrected chi connectivity index (χ1v) is 5.06. The topological polar surface area (TPSA) is 42.4 Å². The minimum atomic E-state index is -0.877. The van der Waals surface area contributed by atoms with E-state index < -0.39 is 5.60 Å². The standard InChI is InChI=1S/C10H12ClNO2/c1-2-10(13)5-6-14-7-3-4-8(11)12-9(7)10/h3-4,13H,2,5-6H2,1H3/t10-/m1/s1. The minimum Gasteiger partial charge on any atom is -0.491 e. The van der Waals surface area contributed by atoms with Crippen molar-refractivity contribution in [3.8, 4) is 5.75 Å². The van der Waals surface area contributed by atoms with Crippen LogP contribution in [0.15, 0.2) is 12.1 Å². The molecule has 1 aliphatic rings. The van der Waals surface area contributed by atoms with Gasteiger partial charge in [0.25, 0.3) is 0 Å². The smallest absolute Gasteiger partial charge is 0.143 e. The summed E-state index contributed by atoms with van der Waals surface area (Å²) in [5.41, 5.74) is -0.308. The Morgan fingerprint density at radius 2 is 2.43 bits per heavy atom. The van der Waals surface area contributed by atoms with Crippen LogP contribution in [0.4, 0.5) is 0 Å². The van der Waals surface area contributed by atoms with E-state index in [-0.39, 0.29) is 0 Å². The molecule has 0 saturated carbocycles. The van der Waals surface area contributed by atoms with Gasteiger partial charge in [-0.3, -0.25) is 0 Å². The molecule has 0 aromatic carbocycles. The predicted molar refractivity (Wildman–Crippen MR) is 53.5 cm³/mol. The van der Waals surface area contributed by atoms with Gasteiger partial charge in [0.15, 0.2) is 0 Å². The van der Waals surface area contributed by atoms with Gasteiger partial charge in [-0.1, -0.05) is 18.5 Å². The Balaban J connectivity index is 2.52. The van der Waals surface area contributed by atoms with Crippen LogP contribution >= 0.6 is 11.6 Å². The van der Waals surface area contributed by atoms with Crippen molar-refractivity contribution in [3.63, 3.8) is 0 Å². The van der Waals surface area contributed by atoms with Gasteiger partial charge in [-0.2, -0.15) is 0 Å². The number of fused-ring (bicyclic) bond motifs is 1. The van der Waals surface area contributed by atoms with Crippen LogP contribution in [0.25, 0.3) is 0 Å². The van der Waals surface area contributed by atoms with Gasteiger partial charge in [0.05, 0.1) is 6.61 Å². The summed E-state index contributed by atoms with van der Waals surface area (Å²) in [5, 5.41) is 10.6. The molecular formula is C10H12ClNO2. The number of hydrogen-bond acceptors (Lipinski definition) is 3. The molecule has 1 aromatic heterocycles. The van der Waals surface area contributed by atoms with E-state index in [9.17, 15) is 5.11 Å². The molecule has 0 saturated heterocycles. The van der Waals surface area contributed by atoms with Crippen molar-refractivity contribution < 1.29 is 9.84 Å². The van der Waals surface area contributed by atoms with Gasteiger partial charge in [0.1, 0.15) is 22.2 Å². The van der Waals surface area contributed by atoms with E-state index in [0.717, 1.165) is 0 Å². The van der Waals surface area contributed by atoms with Gasteiger partial charge in [-0.05, 0) is 18.6 Å². The molecular weight excluding hydrogens is 202 g/mol. The maximum Gasteiger partial charge on any atom is 0.143 e. The van der Waals surface area contributed by atoms with Crippen LogP contribution in [0.5, 0.6) is 5.75 Å². The van der Waals surface area contributed by atoms with E-state index in [0.29, 0.717) is 36.0 Å². The molecule has 4 heteroatoms. The third-order valence-electron chi connectivity index (χ3n) is 2.62. The number of aromatic nitrogens is 1. The van der Waals surface area contributed by atoms with Gasteiger partial charge in [0, 0.05) is 6.42 Å². The lowest BCUT2D eigenvalue weighted by atomic mass is 9.90. The molecule has 0 aliphatic carbocycles. The lowest BCUT2D eigenvalue weighted by Gasteiger charge is -2.32. The molecule has 2 rings (SSSR count). The summed E-state index contributed by atoms with van der Waals surface area (Å²) in [6.45, 7) is 2.46. The molecule has 3 nitrogen and oxygen atoms in total. The molecule has 0 bridgehead atoms. The summed E-state index contributed by atoms with van der Waals surface area (Å²) in [6, 6.07) is 3.42. The molecule has 76 valence electrons. The Labute approximate surface area is 87.7 Å². The SMILES string of the molecule is CC[C@@]1(O)CCOc2ccc(Cl)nc21. The van der Waals surface area contributed by atoms with E-state index in [4.69, 9.17) is 16.3 Å². The highest BCUT2D eigenvalue weighted by Crippen LogP contribution is 2.38. The average molecular weight is 214 g/mol. The third-order valence-corrected chi connectivity index (χ3v) is 2.83. The first kappa shape index (κ1) is 9.74. The highest BCUT2D eigenvalue weighted by molar-refractivity contribution is 6.29. The number of hydrogen-bond donors (Lipinski definition) is 1. The fourth-order valence-corrected chi connectivity index (χ4v) is 1.81. The zero-order valence-corrected chi connectivity index (χ0v) is 8.71. The second-order valence-electron chi connectivity index (χ2n) is 3.46. The Hall–Kier alpha value is -0.800. The number of pyridine rings is 1. The summed E-state index contributed by atoms with van der Waals surface area (Å²) in [5.74, 6) is 0.644. The molecule has 0 radical (unpaired) electrons. The largest absolute Gasteiger partial charge is 0.491 e. The van der Waals surface area contributed by atoms with Crippen molar-refractivity contribution in [1.29, 1.82) is 0 Å². The summed E-state index contributed by atoms with van der Waals surface area (Å²) < 4.78 is 5.39. The first-order valence-electron chi connectivity index (χ1n) is 4.68. The highest BCUT2D eigenvalue weighted by Gasteiger charge is 2.35. The fourth-order valence-electron chi connectivity index (χ4n) is 1.66. The number of rotatable bonds is 1. The van der Waals surface area contributed by atoms with E-state index in [1.807, 2.05) is 6.92 Å². The lowest BCUT2D eigenvalue weighted by molar-refractivity contribution is -0.0109. The van der Waals surface area contributed by atoms with Crippen LogP contribution in [0.3, 0.4) is 0 Å². The number of ether oxygens (including phenoxy) is 1. The first-order chi connectivity index (χ1) is 6.65. The summed E-state index contributed by atoms with van der Waals surface area (Å²) in [4.78, 5) is 4.13. The van der Waals surface area contributed by atoms with Crippen LogP contribution in [0.1, 0.15) is 25.5 Å². The van der Waals surface area contributed by atoms with E-state index >= 15 is 0 Å². The molecule has 0 spiro atoms. The van der Waals surface area contributed by atoms with Gasteiger partial charge < -0.3 is 9.84 Å². The van der Waals surface area contributed by atoms with Gasteiger partial charge in [0.2, 0.25) is 0 Å². The Kier molecular flexibility index (Phi) is 2.37. The quantitative estimate of drug-likeness (QED) is 0.727. The Bertz CT molecular complexity index is 356. The zero-order chi connectivity index (χ0) is 10.2. The van der Waals surface area contributed by atoms with Crippen molar-refractivity contribution in [2.45, 2.75) is 25.4 Å². The zero-order valence-electron chi connectivity index (χ0n) is 7.96. The average Bonchev–Trinajstić information content (AvgIpc) is 2.20. The van der Waals surface area contributed by atoms with Crippen molar-refractivity contribution in [1.82, 2.24) is 4.98 Å². The van der Waals surface area contributed by atoms with Crippen molar-refractivity contribution in [3.05, 3.63) is 23.0 Å². The Morgan fingerprint density at radius 3 is 3.14 bits per heavy atom. The van der Waals surface area contributed by atoms with Crippen LogP contribution in [0, 0.1) is 0 Å². The fraction of sp³-hybridized carbons (Fsp3) is 0.500. The molecule has 14 heavy (non-hydrogen) atoms. The second kappa shape index (κ2) is 3.41. The number of nitrogens with zero attached hydrogens (tertiary/aromatic N) is 1. The second-order valence-corrected chi connectivity index (χ2v) is 3.85. The van der Waals surface area contributed by atoms with Crippen molar-refractivity contribution in [2.75, 3.05) is 6.61 Å². The molecule has 1 aliphatic heterocycles. The van der Waals surface area contributed by atoms with Crippen LogP contribution in [-0.2, 0) is 5.60 Å². The Morgan fingerprint density at radius 1 is 1.64 bits per heavy atom. The molecule has 0 fully saturated rings.